The second-order valence-corrected chi connectivity index (χ2v) is 16.4. The Morgan fingerprint density at radius 3 is 1.57 bits per heavy atom. The number of aliphatic hydroxyl groups is 7. The van der Waals surface area contributed by atoms with Gasteiger partial charge >= 0.3 is 7.82 Å². The van der Waals surface area contributed by atoms with E-state index in [9.17, 15) is 50.0 Å². The van der Waals surface area contributed by atoms with E-state index >= 15 is 0 Å². The van der Waals surface area contributed by atoms with Crippen LogP contribution in [-0.4, -0.2) is 108 Å². The minimum atomic E-state index is -5.13. The minimum absolute atomic E-state index is 0.255. The van der Waals surface area contributed by atoms with E-state index in [1.54, 1.807) is 6.08 Å². The number of phosphoric acid groups is 1. The summed E-state index contributed by atoms with van der Waals surface area (Å²) in [6.07, 6.45) is 17.4. The Hall–Kier alpha value is -1.22. The largest absolute Gasteiger partial charge is 0.472 e. The molecule has 318 valence electrons. The number of hydrogen-bond donors (Lipinski definition) is 9. The van der Waals surface area contributed by atoms with E-state index in [0.29, 0.717) is 12.8 Å². The van der Waals surface area contributed by atoms with Crippen LogP contribution in [0.2, 0.25) is 0 Å². The van der Waals surface area contributed by atoms with Gasteiger partial charge in [0.15, 0.2) is 0 Å². The quantitative estimate of drug-likeness (QED) is 0.0224. The molecule has 8 unspecified atom stereocenters. The molecule has 0 radical (unpaired) electrons. The zero-order valence-corrected chi connectivity index (χ0v) is 34.0. The van der Waals surface area contributed by atoms with Gasteiger partial charge in [-0.2, -0.15) is 0 Å². The summed E-state index contributed by atoms with van der Waals surface area (Å²) in [4.78, 5) is 23.3. The highest BCUT2D eigenvalue weighted by molar-refractivity contribution is 7.47. The molecule has 1 fully saturated rings. The Labute approximate surface area is 324 Å². The van der Waals surface area contributed by atoms with E-state index in [1.165, 1.54) is 70.3 Å². The number of carbonyl (C=O) groups excluding carboxylic acids is 1. The van der Waals surface area contributed by atoms with Crippen molar-refractivity contribution in [3.63, 3.8) is 0 Å². The van der Waals surface area contributed by atoms with E-state index in [-0.39, 0.29) is 6.42 Å². The van der Waals surface area contributed by atoms with Gasteiger partial charge in [0, 0.05) is 0 Å². The summed E-state index contributed by atoms with van der Waals surface area (Å²) >= 11 is 0. The predicted octanol–water partition coefficient (Wildman–Crippen LogP) is 5.64. The van der Waals surface area contributed by atoms with Crippen LogP contribution in [0.4, 0.5) is 0 Å². The molecule has 13 nitrogen and oxygen atoms in total. The third-order valence-corrected chi connectivity index (χ3v) is 11.0. The van der Waals surface area contributed by atoms with Gasteiger partial charge in [-0.25, -0.2) is 4.57 Å². The molecular formula is C40H76NO12P. The third-order valence-electron chi connectivity index (χ3n) is 10.0. The molecule has 0 saturated heterocycles. The van der Waals surface area contributed by atoms with Crippen LogP contribution < -0.4 is 5.32 Å². The van der Waals surface area contributed by atoms with Gasteiger partial charge in [0.2, 0.25) is 5.91 Å². The summed E-state index contributed by atoms with van der Waals surface area (Å²) in [6.45, 7) is 3.65. The highest BCUT2D eigenvalue weighted by Gasteiger charge is 2.51. The van der Waals surface area contributed by atoms with Gasteiger partial charge in [-0.15, -0.1) is 0 Å². The molecule has 0 bridgehead atoms. The summed E-state index contributed by atoms with van der Waals surface area (Å²) in [7, 11) is -5.13. The first-order valence-electron chi connectivity index (χ1n) is 20.9. The van der Waals surface area contributed by atoms with Crippen molar-refractivity contribution < 1.29 is 59.0 Å². The number of phosphoric ester groups is 1. The lowest BCUT2D eigenvalue weighted by atomic mass is 9.85. The monoisotopic (exact) mass is 794 g/mol. The van der Waals surface area contributed by atoms with Gasteiger partial charge in [-0.05, 0) is 44.9 Å². The maximum absolute atomic E-state index is 12.9. The van der Waals surface area contributed by atoms with Crippen molar-refractivity contribution in [1.82, 2.24) is 5.32 Å². The summed E-state index contributed by atoms with van der Waals surface area (Å²) < 4.78 is 22.7. The summed E-state index contributed by atoms with van der Waals surface area (Å²) in [5.74, 6) is -0.606. The molecule has 1 rings (SSSR count). The van der Waals surface area contributed by atoms with E-state index in [2.05, 4.69) is 31.3 Å². The number of nitrogens with one attached hydrogen (secondary N) is 1. The van der Waals surface area contributed by atoms with Crippen LogP contribution in [0.25, 0.3) is 0 Å². The minimum Gasteiger partial charge on any atom is -0.393 e. The SMILES string of the molecule is CCCCCCCC/C=C/C(O)C(COP(=O)(O)OC1C(O)C(O)C(O)C(O)C1O)NC(=O)CC(O)CCCCC/C=C\CCCCCCCCCCC. The summed E-state index contributed by atoms with van der Waals surface area (Å²) in [6, 6.07) is -1.24. The molecule has 0 aromatic rings. The van der Waals surface area contributed by atoms with Crippen molar-refractivity contribution in [2.24, 2.45) is 0 Å². The van der Waals surface area contributed by atoms with Crippen LogP contribution in [0.3, 0.4) is 0 Å². The first-order valence-corrected chi connectivity index (χ1v) is 22.4. The normalized spacial score (nSPS) is 24.9. The number of carbonyl (C=O) groups is 1. The topological polar surface area (TPSA) is 226 Å². The van der Waals surface area contributed by atoms with Gasteiger partial charge in [0.1, 0.15) is 36.6 Å². The number of allylic oxidation sites excluding steroid dienone is 3. The third kappa shape index (κ3) is 23.1. The molecule has 9 N–H and O–H groups in total. The average Bonchev–Trinajstić information content (AvgIpc) is 3.14. The molecule has 14 heteroatoms. The lowest BCUT2D eigenvalue weighted by Crippen LogP contribution is -2.64. The van der Waals surface area contributed by atoms with Crippen LogP contribution in [0.1, 0.15) is 162 Å². The lowest BCUT2D eigenvalue weighted by Gasteiger charge is -2.41. The standard InChI is InChI=1S/C40H76NO12P/c1-3-5-7-9-11-13-14-15-16-17-18-19-20-21-23-25-27-31(42)29-34(44)41-32(33(43)28-26-24-22-12-10-8-6-4-2)30-52-54(50,51)53-40-38(48)36(46)35(45)37(47)39(40)49/h18-19,26,28,31-33,35-40,42-43,45-49H,3-17,20-25,27,29-30H2,1-2H3,(H,41,44)(H,50,51)/b19-18-,28-26+. The van der Waals surface area contributed by atoms with Crippen LogP contribution in [0.5, 0.6) is 0 Å². The molecule has 54 heavy (non-hydrogen) atoms. The first-order chi connectivity index (χ1) is 25.8. The zero-order valence-electron chi connectivity index (χ0n) is 33.1. The van der Waals surface area contributed by atoms with Crippen molar-refractivity contribution in [2.75, 3.05) is 6.61 Å². The van der Waals surface area contributed by atoms with Gasteiger partial charge in [0.05, 0.1) is 31.3 Å². The van der Waals surface area contributed by atoms with Crippen molar-refractivity contribution >= 4 is 13.7 Å². The molecule has 0 aromatic carbocycles. The number of unbranched alkanes of at least 4 members (excludes halogenated alkanes) is 18. The van der Waals surface area contributed by atoms with Gasteiger partial charge in [-0.3, -0.25) is 13.8 Å². The van der Waals surface area contributed by atoms with Crippen LogP contribution in [0, 0.1) is 0 Å². The Kier molecular flexibility index (Phi) is 29.0. The second kappa shape index (κ2) is 30.9. The van der Waals surface area contributed by atoms with Crippen LogP contribution in [-0.2, 0) is 18.4 Å². The number of aliphatic hydroxyl groups excluding tert-OH is 7. The maximum Gasteiger partial charge on any atom is 0.472 e. The molecule has 8 atom stereocenters. The molecule has 0 aliphatic heterocycles. The number of hydrogen-bond acceptors (Lipinski definition) is 11. The fourth-order valence-electron chi connectivity index (χ4n) is 6.53. The van der Waals surface area contributed by atoms with Gasteiger partial charge < -0.3 is 46.0 Å². The first kappa shape index (κ1) is 50.8. The van der Waals surface area contributed by atoms with E-state index in [4.69, 9.17) is 9.05 Å². The van der Waals surface area contributed by atoms with Crippen molar-refractivity contribution in [2.45, 2.75) is 216 Å². The molecule has 1 saturated carbocycles. The fraction of sp³-hybridized carbons (Fsp3) is 0.875. The van der Waals surface area contributed by atoms with Crippen LogP contribution in [0.15, 0.2) is 24.3 Å². The van der Waals surface area contributed by atoms with Crippen molar-refractivity contribution in [3.8, 4) is 0 Å². The predicted molar refractivity (Wildman–Crippen MR) is 210 cm³/mol. The highest BCUT2D eigenvalue weighted by Crippen LogP contribution is 2.47. The zero-order chi connectivity index (χ0) is 40.2. The Balaban J connectivity index is 2.55. The number of rotatable bonds is 33. The highest BCUT2D eigenvalue weighted by atomic mass is 31.2. The van der Waals surface area contributed by atoms with Crippen molar-refractivity contribution in [3.05, 3.63) is 24.3 Å². The molecule has 0 heterocycles. The van der Waals surface area contributed by atoms with Crippen molar-refractivity contribution in [1.29, 1.82) is 0 Å². The lowest BCUT2D eigenvalue weighted by molar-refractivity contribution is -0.220. The average molecular weight is 794 g/mol. The fourth-order valence-corrected chi connectivity index (χ4v) is 7.49. The molecule has 0 aromatic heterocycles. The van der Waals surface area contributed by atoms with E-state index < -0.39 is 75.2 Å². The van der Waals surface area contributed by atoms with Crippen LogP contribution >= 0.6 is 7.82 Å². The second-order valence-electron chi connectivity index (χ2n) is 15.0. The van der Waals surface area contributed by atoms with Gasteiger partial charge in [0.25, 0.3) is 0 Å². The summed E-state index contributed by atoms with van der Waals surface area (Å²) in [5, 5.41) is 74.0. The maximum atomic E-state index is 12.9. The van der Waals surface area contributed by atoms with E-state index in [1.807, 2.05) is 0 Å². The Morgan fingerprint density at radius 2 is 1.07 bits per heavy atom. The molecular weight excluding hydrogens is 717 g/mol. The van der Waals surface area contributed by atoms with Gasteiger partial charge in [-0.1, -0.05) is 134 Å². The Bertz CT molecular complexity index is 1030. The molecule has 1 aliphatic rings. The molecule has 0 spiro atoms. The summed E-state index contributed by atoms with van der Waals surface area (Å²) in [5.41, 5.74) is 0. The number of amides is 1. The Morgan fingerprint density at radius 1 is 0.648 bits per heavy atom. The smallest absolute Gasteiger partial charge is 0.393 e. The molecule has 1 amide bonds. The van der Waals surface area contributed by atoms with E-state index in [0.717, 1.165) is 64.2 Å². The molecule has 1 aliphatic carbocycles.